The lowest BCUT2D eigenvalue weighted by molar-refractivity contribution is 0.372. The zero-order valence-corrected chi connectivity index (χ0v) is 12.7. The third-order valence-corrected chi connectivity index (χ3v) is 3.11. The van der Waals surface area contributed by atoms with Crippen LogP contribution in [0.3, 0.4) is 0 Å². The fourth-order valence-electron chi connectivity index (χ4n) is 2.10. The molecule has 108 valence electrons. The van der Waals surface area contributed by atoms with Gasteiger partial charge in [-0.15, -0.1) is 0 Å². The van der Waals surface area contributed by atoms with Crippen molar-refractivity contribution in [2.45, 2.75) is 25.8 Å². The van der Waals surface area contributed by atoms with Gasteiger partial charge in [-0.25, -0.2) is 0 Å². The second kappa shape index (κ2) is 7.36. The summed E-state index contributed by atoms with van der Waals surface area (Å²) in [6.45, 7) is 6.23. The summed E-state index contributed by atoms with van der Waals surface area (Å²) in [5.74, 6) is 1.71. The van der Waals surface area contributed by atoms with Crippen LogP contribution in [0, 0.1) is 0 Å². The summed E-state index contributed by atoms with van der Waals surface area (Å²) < 4.78 is 10.6. The summed E-state index contributed by atoms with van der Waals surface area (Å²) in [6.07, 6.45) is 0.931. The molecule has 0 aliphatic carbocycles. The minimum Gasteiger partial charge on any atom is -0.497 e. The van der Waals surface area contributed by atoms with Crippen molar-refractivity contribution in [2.75, 3.05) is 34.4 Å². The average molecular weight is 266 g/mol. The number of likely N-dealkylation sites (N-methyl/N-ethyl adjacent to an activating group) is 1. The molecule has 0 atom stereocenters. The maximum Gasteiger partial charge on any atom is 0.125 e. The van der Waals surface area contributed by atoms with Crippen LogP contribution >= 0.6 is 0 Å². The number of benzene rings is 1. The Kier molecular flexibility index (Phi) is 6.12. The van der Waals surface area contributed by atoms with Crippen LogP contribution in [0.1, 0.15) is 19.4 Å². The van der Waals surface area contributed by atoms with Crippen LogP contribution < -0.4 is 20.1 Å². The Balaban J connectivity index is 2.58. The first-order valence-electron chi connectivity index (χ1n) is 6.63. The van der Waals surface area contributed by atoms with Crippen LogP contribution in [-0.2, 0) is 6.42 Å². The number of nitrogens with one attached hydrogen (secondary N) is 2. The molecule has 1 aromatic rings. The highest BCUT2D eigenvalue weighted by Gasteiger charge is 2.15. The number of ether oxygens (including phenoxy) is 2. The first-order chi connectivity index (χ1) is 9.02. The van der Waals surface area contributed by atoms with E-state index in [1.165, 1.54) is 5.56 Å². The predicted molar refractivity (Wildman–Crippen MR) is 79.3 cm³/mol. The van der Waals surface area contributed by atoms with Crippen molar-refractivity contribution in [2.24, 2.45) is 0 Å². The van der Waals surface area contributed by atoms with Gasteiger partial charge in [0.15, 0.2) is 0 Å². The monoisotopic (exact) mass is 266 g/mol. The van der Waals surface area contributed by atoms with Crippen LogP contribution in [0.2, 0.25) is 0 Å². The van der Waals surface area contributed by atoms with Gasteiger partial charge in [-0.2, -0.15) is 0 Å². The minimum atomic E-state index is 0.0917. The molecule has 19 heavy (non-hydrogen) atoms. The van der Waals surface area contributed by atoms with Crippen LogP contribution in [0.25, 0.3) is 0 Å². The maximum atomic E-state index is 5.40. The molecule has 0 spiro atoms. The molecule has 0 saturated heterocycles. The lowest BCUT2D eigenvalue weighted by Crippen LogP contribution is -2.47. The molecular formula is C15H26N2O2. The third kappa shape index (κ3) is 5.09. The van der Waals surface area contributed by atoms with E-state index < -0.39 is 0 Å². The molecule has 4 nitrogen and oxygen atoms in total. The van der Waals surface area contributed by atoms with E-state index in [1.54, 1.807) is 14.2 Å². The number of methoxy groups -OCH3 is 2. The smallest absolute Gasteiger partial charge is 0.125 e. The van der Waals surface area contributed by atoms with E-state index >= 15 is 0 Å². The molecule has 1 rings (SSSR count). The van der Waals surface area contributed by atoms with Crippen molar-refractivity contribution in [1.29, 1.82) is 0 Å². The van der Waals surface area contributed by atoms with Gasteiger partial charge in [0.2, 0.25) is 0 Å². The fourth-order valence-corrected chi connectivity index (χ4v) is 2.10. The van der Waals surface area contributed by atoms with Crippen molar-refractivity contribution >= 4 is 0 Å². The maximum absolute atomic E-state index is 5.40. The van der Waals surface area contributed by atoms with E-state index in [-0.39, 0.29) is 5.54 Å². The Morgan fingerprint density at radius 2 is 1.89 bits per heavy atom. The first-order valence-corrected chi connectivity index (χ1v) is 6.63. The number of hydrogen-bond donors (Lipinski definition) is 2. The highest BCUT2D eigenvalue weighted by Crippen LogP contribution is 2.24. The van der Waals surface area contributed by atoms with E-state index in [9.17, 15) is 0 Å². The second-order valence-electron chi connectivity index (χ2n) is 5.27. The SMILES string of the molecule is CNCC(C)(C)NCCc1ccc(OC)cc1OC. The first kappa shape index (κ1) is 15.8. The Morgan fingerprint density at radius 1 is 1.16 bits per heavy atom. The van der Waals surface area contributed by atoms with Crippen LogP contribution in [-0.4, -0.2) is 39.9 Å². The van der Waals surface area contributed by atoms with E-state index in [4.69, 9.17) is 9.47 Å². The molecule has 0 radical (unpaired) electrons. The van der Waals surface area contributed by atoms with Crippen molar-refractivity contribution in [3.63, 3.8) is 0 Å². The van der Waals surface area contributed by atoms with Gasteiger partial charge in [0.25, 0.3) is 0 Å². The van der Waals surface area contributed by atoms with E-state index in [1.807, 2.05) is 19.2 Å². The zero-order chi connectivity index (χ0) is 14.3. The van der Waals surface area contributed by atoms with E-state index in [0.29, 0.717) is 0 Å². The van der Waals surface area contributed by atoms with Gasteiger partial charge < -0.3 is 20.1 Å². The van der Waals surface area contributed by atoms with Crippen LogP contribution in [0.5, 0.6) is 11.5 Å². The summed E-state index contributed by atoms with van der Waals surface area (Å²) >= 11 is 0. The Morgan fingerprint density at radius 3 is 2.47 bits per heavy atom. The van der Waals surface area contributed by atoms with Gasteiger partial charge in [-0.3, -0.25) is 0 Å². The number of hydrogen-bond acceptors (Lipinski definition) is 4. The molecule has 0 fully saturated rings. The molecule has 4 heteroatoms. The largest absolute Gasteiger partial charge is 0.497 e. The molecule has 0 amide bonds. The quantitative estimate of drug-likeness (QED) is 0.753. The minimum absolute atomic E-state index is 0.0917. The van der Waals surface area contributed by atoms with E-state index in [0.717, 1.165) is 31.0 Å². The summed E-state index contributed by atoms with van der Waals surface area (Å²) in [6, 6.07) is 5.95. The molecule has 0 unspecified atom stereocenters. The van der Waals surface area contributed by atoms with Crippen molar-refractivity contribution in [3.05, 3.63) is 23.8 Å². The summed E-state index contributed by atoms with van der Waals surface area (Å²) in [4.78, 5) is 0. The van der Waals surface area contributed by atoms with Gasteiger partial charge in [0.05, 0.1) is 14.2 Å². The van der Waals surface area contributed by atoms with Crippen molar-refractivity contribution in [3.8, 4) is 11.5 Å². The fraction of sp³-hybridized carbons (Fsp3) is 0.600. The molecule has 0 aliphatic rings. The highest BCUT2D eigenvalue weighted by atomic mass is 16.5. The van der Waals surface area contributed by atoms with Crippen LogP contribution in [0.4, 0.5) is 0 Å². The molecule has 2 N–H and O–H groups in total. The lowest BCUT2D eigenvalue weighted by Gasteiger charge is -2.26. The number of rotatable bonds is 8. The zero-order valence-electron chi connectivity index (χ0n) is 12.7. The third-order valence-electron chi connectivity index (χ3n) is 3.11. The molecule has 0 heterocycles. The van der Waals surface area contributed by atoms with Gasteiger partial charge in [-0.1, -0.05) is 6.07 Å². The predicted octanol–water partition coefficient (Wildman–Crippen LogP) is 1.83. The summed E-state index contributed by atoms with van der Waals surface area (Å²) in [7, 11) is 5.32. The standard InChI is InChI=1S/C15H26N2O2/c1-15(2,11-16-3)17-9-8-12-6-7-13(18-4)10-14(12)19-5/h6-7,10,16-17H,8-9,11H2,1-5H3. The second-order valence-corrected chi connectivity index (χ2v) is 5.27. The van der Waals surface area contributed by atoms with Gasteiger partial charge in [0, 0.05) is 18.2 Å². The van der Waals surface area contributed by atoms with Crippen molar-refractivity contribution < 1.29 is 9.47 Å². The molecule has 0 bridgehead atoms. The molecular weight excluding hydrogens is 240 g/mol. The highest BCUT2D eigenvalue weighted by molar-refractivity contribution is 5.40. The van der Waals surface area contributed by atoms with Gasteiger partial charge in [0.1, 0.15) is 11.5 Å². The Labute approximate surface area is 116 Å². The molecule has 0 saturated carbocycles. The Bertz CT molecular complexity index is 392. The Hall–Kier alpha value is -1.26. The van der Waals surface area contributed by atoms with Gasteiger partial charge in [-0.05, 0) is 45.5 Å². The van der Waals surface area contributed by atoms with Crippen LogP contribution in [0.15, 0.2) is 18.2 Å². The molecule has 0 aliphatic heterocycles. The van der Waals surface area contributed by atoms with Gasteiger partial charge >= 0.3 is 0 Å². The molecule has 1 aromatic carbocycles. The van der Waals surface area contributed by atoms with Crippen molar-refractivity contribution in [1.82, 2.24) is 10.6 Å². The summed E-state index contributed by atoms with van der Waals surface area (Å²) in [5.41, 5.74) is 1.28. The topological polar surface area (TPSA) is 42.5 Å². The average Bonchev–Trinajstić information content (AvgIpc) is 2.38. The normalized spacial score (nSPS) is 11.4. The lowest BCUT2D eigenvalue weighted by atomic mass is 10.0. The molecule has 0 aromatic heterocycles. The summed E-state index contributed by atoms with van der Waals surface area (Å²) in [5, 5.41) is 6.73. The van der Waals surface area contributed by atoms with E-state index in [2.05, 4.69) is 30.5 Å².